The highest BCUT2D eigenvalue weighted by atomic mass is 16.1. The Labute approximate surface area is 111 Å². The zero-order valence-corrected chi connectivity index (χ0v) is 11.9. The van der Waals surface area contributed by atoms with Gasteiger partial charge in [-0.25, -0.2) is 0 Å². The lowest BCUT2D eigenvalue weighted by molar-refractivity contribution is -0.123. The van der Waals surface area contributed by atoms with Gasteiger partial charge in [0.05, 0.1) is 0 Å². The highest BCUT2D eigenvalue weighted by Crippen LogP contribution is 2.37. The van der Waals surface area contributed by atoms with E-state index in [9.17, 15) is 4.79 Å². The molecule has 0 aromatic rings. The van der Waals surface area contributed by atoms with Crippen LogP contribution < -0.4 is 11.1 Å². The molecule has 18 heavy (non-hydrogen) atoms. The number of amides is 1. The van der Waals surface area contributed by atoms with E-state index in [-0.39, 0.29) is 17.4 Å². The average Bonchev–Trinajstić information content (AvgIpc) is 2.62. The predicted molar refractivity (Wildman–Crippen MR) is 74.1 cm³/mol. The topological polar surface area (TPSA) is 55.1 Å². The zero-order valence-electron chi connectivity index (χ0n) is 11.9. The first-order valence-corrected chi connectivity index (χ1v) is 7.54. The Kier molecular flexibility index (Phi) is 4.31. The third-order valence-corrected chi connectivity index (χ3v) is 5.01. The van der Waals surface area contributed by atoms with E-state index in [2.05, 4.69) is 19.2 Å². The maximum absolute atomic E-state index is 12.1. The Bertz CT molecular complexity index is 301. The fraction of sp³-hybridized carbons (Fsp3) is 0.933. The normalized spacial score (nSPS) is 35.4. The van der Waals surface area contributed by atoms with Gasteiger partial charge in [-0.1, -0.05) is 33.1 Å². The molecule has 2 rings (SSSR count). The summed E-state index contributed by atoms with van der Waals surface area (Å²) in [4.78, 5) is 12.1. The van der Waals surface area contributed by atoms with Crippen molar-refractivity contribution < 1.29 is 4.79 Å². The molecule has 1 amide bonds. The molecule has 104 valence electrons. The fourth-order valence-corrected chi connectivity index (χ4v) is 3.58. The molecule has 0 aromatic heterocycles. The van der Waals surface area contributed by atoms with Gasteiger partial charge in [0.2, 0.25) is 5.91 Å². The molecule has 3 atom stereocenters. The molecule has 3 unspecified atom stereocenters. The van der Waals surface area contributed by atoms with Gasteiger partial charge in [-0.2, -0.15) is 0 Å². The summed E-state index contributed by atoms with van der Waals surface area (Å²) >= 11 is 0. The van der Waals surface area contributed by atoms with Gasteiger partial charge in [-0.05, 0) is 37.0 Å². The van der Waals surface area contributed by atoms with Crippen molar-refractivity contribution in [3.8, 4) is 0 Å². The second-order valence-corrected chi connectivity index (χ2v) is 6.91. The van der Waals surface area contributed by atoms with Crippen molar-refractivity contribution in [1.82, 2.24) is 5.32 Å². The van der Waals surface area contributed by atoms with Crippen molar-refractivity contribution in [3.63, 3.8) is 0 Å². The van der Waals surface area contributed by atoms with E-state index in [0.717, 1.165) is 19.3 Å². The van der Waals surface area contributed by atoms with Crippen molar-refractivity contribution in [2.45, 2.75) is 77.3 Å². The number of hydrogen-bond donors (Lipinski definition) is 2. The molecule has 3 heteroatoms. The number of nitrogens with two attached hydrogens (primary N) is 1. The lowest BCUT2D eigenvalue weighted by Gasteiger charge is -2.31. The molecule has 0 heterocycles. The van der Waals surface area contributed by atoms with Gasteiger partial charge in [0.15, 0.2) is 0 Å². The maximum atomic E-state index is 12.1. The summed E-state index contributed by atoms with van der Waals surface area (Å²) in [6.07, 6.45) is 8.91. The van der Waals surface area contributed by atoms with Gasteiger partial charge in [0, 0.05) is 18.5 Å². The highest BCUT2D eigenvalue weighted by Gasteiger charge is 2.35. The Balaban J connectivity index is 1.81. The molecule has 0 saturated heterocycles. The zero-order chi connectivity index (χ0) is 13.2. The largest absolute Gasteiger partial charge is 0.353 e. The molecule has 0 aliphatic heterocycles. The van der Waals surface area contributed by atoms with E-state index in [4.69, 9.17) is 5.73 Å². The predicted octanol–water partition coefficient (Wildman–Crippen LogP) is 2.59. The second kappa shape index (κ2) is 5.60. The first-order chi connectivity index (χ1) is 8.49. The van der Waals surface area contributed by atoms with Crippen LogP contribution in [-0.2, 0) is 4.79 Å². The van der Waals surface area contributed by atoms with Crippen molar-refractivity contribution in [3.05, 3.63) is 0 Å². The molecule has 2 aliphatic carbocycles. The summed E-state index contributed by atoms with van der Waals surface area (Å²) in [6, 6.07) is 0.603. The highest BCUT2D eigenvalue weighted by molar-refractivity contribution is 5.76. The van der Waals surface area contributed by atoms with Crippen LogP contribution in [0.1, 0.15) is 65.2 Å². The molecular formula is C15H28N2O. The van der Waals surface area contributed by atoms with Gasteiger partial charge < -0.3 is 11.1 Å². The average molecular weight is 252 g/mol. The van der Waals surface area contributed by atoms with Crippen molar-refractivity contribution in [2.75, 3.05) is 0 Å². The van der Waals surface area contributed by atoms with Crippen LogP contribution >= 0.6 is 0 Å². The van der Waals surface area contributed by atoms with Crippen LogP contribution in [-0.4, -0.2) is 18.0 Å². The number of rotatable bonds is 3. The quantitative estimate of drug-likeness (QED) is 0.811. The van der Waals surface area contributed by atoms with Crippen molar-refractivity contribution in [1.29, 1.82) is 0 Å². The van der Waals surface area contributed by atoms with E-state index in [1.54, 1.807) is 0 Å². The van der Waals surface area contributed by atoms with E-state index in [0.29, 0.717) is 18.4 Å². The van der Waals surface area contributed by atoms with Crippen LogP contribution in [0, 0.1) is 11.3 Å². The van der Waals surface area contributed by atoms with Gasteiger partial charge in [0.1, 0.15) is 0 Å². The summed E-state index contributed by atoms with van der Waals surface area (Å²) in [5.74, 6) is 0.626. The Morgan fingerprint density at radius 1 is 1.22 bits per heavy atom. The molecule has 2 aliphatic rings. The molecule has 3 nitrogen and oxygen atoms in total. The number of carbonyl (C=O) groups is 1. The summed E-state index contributed by atoms with van der Waals surface area (Å²) in [6.45, 7) is 4.52. The molecule has 0 aromatic carbocycles. The van der Waals surface area contributed by atoms with Crippen LogP contribution in [0.3, 0.4) is 0 Å². The third-order valence-electron chi connectivity index (χ3n) is 5.01. The molecule has 2 saturated carbocycles. The first kappa shape index (κ1) is 13.9. The minimum atomic E-state index is 0.220. The van der Waals surface area contributed by atoms with Gasteiger partial charge in [0.25, 0.3) is 0 Å². The number of nitrogens with one attached hydrogen (secondary N) is 1. The lowest BCUT2D eigenvalue weighted by atomic mass is 9.82. The standard InChI is InChI=1S/C15H28N2O/c1-15(2)9-5-8-13(15)17-14(18)10-11-6-3-4-7-12(11)16/h11-13H,3-10,16H2,1-2H3,(H,17,18). The van der Waals surface area contributed by atoms with Crippen LogP contribution in [0.5, 0.6) is 0 Å². The lowest BCUT2D eigenvalue weighted by Crippen LogP contribution is -2.44. The van der Waals surface area contributed by atoms with Gasteiger partial charge in [-0.15, -0.1) is 0 Å². The minimum Gasteiger partial charge on any atom is -0.353 e. The van der Waals surface area contributed by atoms with Crippen LogP contribution in [0.15, 0.2) is 0 Å². The Morgan fingerprint density at radius 3 is 2.56 bits per heavy atom. The van der Waals surface area contributed by atoms with Gasteiger partial charge in [-0.3, -0.25) is 4.79 Å². The van der Waals surface area contributed by atoms with Crippen LogP contribution in [0.2, 0.25) is 0 Å². The minimum absolute atomic E-state index is 0.220. The Hall–Kier alpha value is -0.570. The second-order valence-electron chi connectivity index (χ2n) is 6.91. The molecular weight excluding hydrogens is 224 g/mol. The molecule has 0 spiro atoms. The fourth-order valence-electron chi connectivity index (χ4n) is 3.58. The van der Waals surface area contributed by atoms with E-state index in [1.807, 2.05) is 0 Å². The SMILES string of the molecule is CC1(C)CCCC1NC(=O)CC1CCCCC1N. The molecule has 0 bridgehead atoms. The molecule has 3 N–H and O–H groups in total. The molecule has 2 fully saturated rings. The maximum Gasteiger partial charge on any atom is 0.220 e. The van der Waals surface area contributed by atoms with Crippen LogP contribution in [0.4, 0.5) is 0 Å². The summed E-state index contributed by atoms with van der Waals surface area (Å²) in [7, 11) is 0. The van der Waals surface area contributed by atoms with Crippen molar-refractivity contribution >= 4 is 5.91 Å². The van der Waals surface area contributed by atoms with Crippen molar-refractivity contribution in [2.24, 2.45) is 17.1 Å². The van der Waals surface area contributed by atoms with Gasteiger partial charge >= 0.3 is 0 Å². The Morgan fingerprint density at radius 2 is 1.94 bits per heavy atom. The first-order valence-electron chi connectivity index (χ1n) is 7.54. The monoisotopic (exact) mass is 252 g/mol. The smallest absolute Gasteiger partial charge is 0.220 e. The third kappa shape index (κ3) is 3.25. The van der Waals surface area contributed by atoms with E-state index >= 15 is 0 Å². The summed E-state index contributed by atoms with van der Waals surface area (Å²) < 4.78 is 0. The summed E-state index contributed by atoms with van der Waals surface area (Å²) in [5, 5.41) is 3.24. The van der Waals surface area contributed by atoms with Crippen LogP contribution in [0.25, 0.3) is 0 Å². The number of carbonyl (C=O) groups excluding carboxylic acids is 1. The molecule has 0 radical (unpaired) electrons. The van der Waals surface area contributed by atoms with E-state index < -0.39 is 0 Å². The number of hydrogen-bond acceptors (Lipinski definition) is 2. The van der Waals surface area contributed by atoms with E-state index in [1.165, 1.54) is 25.7 Å². The summed E-state index contributed by atoms with van der Waals surface area (Å²) in [5.41, 5.74) is 6.38.